The van der Waals surface area contributed by atoms with Crippen molar-refractivity contribution in [3.63, 3.8) is 0 Å². The molecular weight excluding hydrogens is 316 g/mol. The predicted molar refractivity (Wildman–Crippen MR) is 98.5 cm³/mol. The van der Waals surface area contributed by atoms with Crippen LogP contribution < -0.4 is 4.74 Å². The van der Waals surface area contributed by atoms with Gasteiger partial charge in [0.1, 0.15) is 5.75 Å². The fourth-order valence-corrected chi connectivity index (χ4v) is 3.51. The number of likely N-dealkylation sites (tertiary alicyclic amines) is 1. The highest BCUT2D eigenvalue weighted by atomic mass is 16.5. The molecule has 1 fully saturated rings. The third-order valence-corrected chi connectivity index (χ3v) is 4.94. The zero-order valence-electron chi connectivity index (χ0n) is 15.7. The molecule has 0 bridgehead atoms. The molecule has 1 saturated heterocycles. The molecule has 0 saturated carbocycles. The molecular formula is C20H30N2O3. The van der Waals surface area contributed by atoms with Crippen LogP contribution >= 0.6 is 0 Å². The molecule has 1 aromatic rings. The second-order valence-corrected chi connectivity index (χ2v) is 6.46. The summed E-state index contributed by atoms with van der Waals surface area (Å²) in [5.41, 5.74) is 1.12. The van der Waals surface area contributed by atoms with Gasteiger partial charge in [-0.2, -0.15) is 0 Å². The largest absolute Gasteiger partial charge is 0.497 e. The number of hydrogen-bond acceptors (Lipinski definition) is 3. The number of amides is 2. The summed E-state index contributed by atoms with van der Waals surface area (Å²) >= 11 is 0. The zero-order valence-corrected chi connectivity index (χ0v) is 15.7. The highest BCUT2D eigenvalue weighted by molar-refractivity contribution is 5.79. The Bertz CT molecular complexity index is 571. The van der Waals surface area contributed by atoms with Crippen LogP contribution in [0.3, 0.4) is 0 Å². The van der Waals surface area contributed by atoms with Gasteiger partial charge in [0.2, 0.25) is 11.8 Å². The first-order valence-electron chi connectivity index (χ1n) is 9.31. The van der Waals surface area contributed by atoms with Crippen molar-refractivity contribution in [1.29, 1.82) is 0 Å². The second-order valence-electron chi connectivity index (χ2n) is 6.46. The Hall–Kier alpha value is -2.04. The summed E-state index contributed by atoms with van der Waals surface area (Å²) in [5, 5.41) is 0. The summed E-state index contributed by atoms with van der Waals surface area (Å²) in [6.07, 6.45) is 3.89. The number of nitrogens with zero attached hydrogens (tertiary/aromatic N) is 2. The molecule has 0 aliphatic carbocycles. The maximum absolute atomic E-state index is 12.8. The number of rotatable bonds is 8. The van der Waals surface area contributed by atoms with Crippen molar-refractivity contribution in [3.8, 4) is 5.75 Å². The van der Waals surface area contributed by atoms with Crippen LogP contribution in [0.4, 0.5) is 0 Å². The Labute approximate surface area is 150 Å². The van der Waals surface area contributed by atoms with Gasteiger partial charge >= 0.3 is 0 Å². The molecule has 1 heterocycles. The SMILES string of the molecule is CC[C@@H](c1ccc(OC)cc1)N(CC)C(=O)CCN1CCCCC1=O. The van der Waals surface area contributed by atoms with Crippen molar-refractivity contribution in [2.45, 2.75) is 52.0 Å². The summed E-state index contributed by atoms with van der Waals surface area (Å²) in [7, 11) is 1.65. The van der Waals surface area contributed by atoms with E-state index in [0.717, 1.165) is 37.1 Å². The van der Waals surface area contributed by atoms with Crippen LogP contribution in [-0.2, 0) is 9.59 Å². The molecule has 2 rings (SSSR count). The van der Waals surface area contributed by atoms with Crippen molar-refractivity contribution in [1.82, 2.24) is 9.80 Å². The molecule has 0 aromatic heterocycles. The van der Waals surface area contributed by atoms with Crippen molar-refractivity contribution in [2.24, 2.45) is 0 Å². The minimum absolute atomic E-state index is 0.0560. The molecule has 0 spiro atoms. The summed E-state index contributed by atoms with van der Waals surface area (Å²) in [5.74, 6) is 1.12. The van der Waals surface area contributed by atoms with E-state index in [1.54, 1.807) is 7.11 Å². The van der Waals surface area contributed by atoms with Gasteiger partial charge < -0.3 is 14.5 Å². The lowest BCUT2D eigenvalue weighted by atomic mass is 10.0. The third-order valence-electron chi connectivity index (χ3n) is 4.94. The maximum Gasteiger partial charge on any atom is 0.224 e. The molecule has 138 valence electrons. The number of benzene rings is 1. The number of hydrogen-bond donors (Lipinski definition) is 0. The van der Waals surface area contributed by atoms with Crippen LogP contribution in [0.2, 0.25) is 0 Å². The molecule has 0 N–H and O–H groups in total. The van der Waals surface area contributed by atoms with Gasteiger partial charge in [0.15, 0.2) is 0 Å². The van der Waals surface area contributed by atoms with Crippen molar-refractivity contribution in [3.05, 3.63) is 29.8 Å². The molecule has 5 nitrogen and oxygen atoms in total. The number of carbonyl (C=O) groups excluding carboxylic acids is 2. The highest BCUT2D eigenvalue weighted by Gasteiger charge is 2.24. The van der Waals surface area contributed by atoms with E-state index in [-0.39, 0.29) is 17.9 Å². The molecule has 1 aromatic carbocycles. The minimum atomic E-state index is 0.0560. The number of piperidine rings is 1. The quantitative estimate of drug-likeness (QED) is 0.725. The van der Waals surface area contributed by atoms with E-state index in [2.05, 4.69) is 6.92 Å². The molecule has 2 amide bonds. The lowest BCUT2D eigenvalue weighted by molar-refractivity contribution is -0.136. The van der Waals surface area contributed by atoms with E-state index in [1.807, 2.05) is 41.0 Å². The minimum Gasteiger partial charge on any atom is -0.497 e. The third kappa shape index (κ3) is 4.97. The topological polar surface area (TPSA) is 49.9 Å². The molecule has 0 radical (unpaired) electrons. The fourth-order valence-electron chi connectivity index (χ4n) is 3.51. The molecule has 25 heavy (non-hydrogen) atoms. The Morgan fingerprint density at radius 2 is 1.96 bits per heavy atom. The standard InChI is InChI=1S/C20H30N2O3/c1-4-18(16-9-11-17(25-3)12-10-16)22(5-2)20(24)13-15-21-14-7-6-8-19(21)23/h9-12,18H,4-8,13-15H2,1-3H3/t18-/m0/s1. The number of carbonyl (C=O) groups is 2. The Kier molecular flexibility index (Phi) is 7.29. The number of methoxy groups -OCH3 is 1. The monoisotopic (exact) mass is 346 g/mol. The van der Waals surface area contributed by atoms with E-state index in [4.69, 9.17) is 4.74 Å². The molecule has 5 heteroatoms. The Morgan fingerprint density at radius 1 is 1.24 bits per heavy atom. The van der Waals surface area contributed by atoms with Gasteiger partial charge in [-0.3, -0.25) is 9.59 Å². The Morgan fingerprint density at radius 3 is 2.52 bits per heavy atom. The van der Waals surface area contributed by atoms with Crippen LogP contribution in [0.5, 0.6) is 5.75 Å². The number of ether oxygens (including phenoxy) is 1. The van der Waals surface area contributed by atoms with E-state index in [9.17, 15) is 9.59 Å². The summed E-state index contributed by atoms with van der Waals surface area (Å²) in [4.78, 5) is 28.5. The van der Waals surface area contributed by atoms with E-state index >= 15 is 0 Å². The average Bonchev–Trinajstić information content (AvgIpc) is 2.65. The van der Waals surface area contributed by atoms with E-state index < -0.39 is 0 Å². The van der Waals surface area contributed by atoms with E-state index in [0.29, 0.717) is 25.9 Å². The summed E-state index contributed by atoms with van der Waals surface area (Å²) in [6, 6.07) is 7.97. The smallest absolute Gasteiger partial charge is 0.224 e. The van der Waals surface area contributed by atoms with Gasteiger partial charge in [-0.05, 0) is 43.9 Å². The molecule has 1 aliphatic heterocycles. The lowest BCUT2D eigenvalue weighted by Crippen LogP contribution is -2.40. The van der Waals surface area contributed by atoms with Crippen LogP contribution in [0, 0.1) is 0 Å². The van der Waals surface area contributed by atoms with Gasteiger partial charge in [-0.1, -0.05) is 19.1 Å². The lowest BCUT2D eigenvalue weighted by Gasteiger charge is -2.32. The van der Waals surface area contributed by atoms with Crippen molar-refractivity contribution < 1.29 is 14.3 Å². The first-order valence-corrected chi connectivity index (χ1v) is 9.31. The van der Waals surface area contributed by atoms with Crippen LogP contribution in [-0.4, -0.2) is 48.4 Å². The van der Waals surface area contributed by atoms with Crippen LogP contribution in [0.15, 0.2) is 24.3 Å². The second kappa shape index (κ2) is 9.44. The van der Waals surface area contributed by atoms with Gasteiger partial charge in [0, 0.05) is 32.5 Å². The van der Waals surface area contributed by atoms with Gasteiger partial charge in [0.05, 0.1) is 13.2 Å². The molecule has 0 unspecified atom stereocenters. The first-order chi connectivity index (χ1) is 12.1. The van der Waals surface area contributed by atoms with Crippen LogP contribution in [0.1, 0.15) is 57.6 Å². The zero-order chi connectivity index (χ0) is 18.2. The van der Waals surface area contributed by atoms with Crippen molar-refractivity contribution >= 4 is 11.8 Å². The van der Waals surface area contributed by atoms with Gasteiger partial charge in [-0.25, -0.2) is 0 Å². The Balaban J connectivity index is 2.01. The van der Waals surface area contributed by atoms with Gasteiger partial charge in [-0.15, -0.1) is 0 Å². The molecule has 1 aliphatic rings. The summed E-state index contributed by atoms with van der Waals surface area (Å²) in [6.45, 7) is 6.09. The summed E-state index contributed by atoms with van der Waals surface area (Å²) < 4.78 is 5.21. The average molecular weight is 346 g/mol. The van der Waals surface area contributed by atoms with Crippen molar-refractivity contribution in [2.75, 3.05) is 26.7 Å². The highest BCUT2D eigenvalue weighted by Crippen LogP contribution is 2.26. The van der Waals surface area contributed by atoms with E-state index in [1.165, 1.54) is 0 Å². The van der Waals surface area contributed by atoms with Gasteiger partial charge in [0.25, 0.3) is 0 Å². The normalized spacial score (nSPS) is 15.8. The maximum atomic E-state index is 12.8. The van der Waals surface area contributed by atoms with Crippen LogP contribution in [0.25, 0.3) is 0 Å². The fraction of sp³-hybridized carbons (Fsp3) is 0.600. The predicted octanol–water partition coefficient (Wildman–Crippen LogP) is 3.40. The molecule has 1 atom stereocenters. The first kappa shape index (κ1) is 19.3.